The number of carbonyl (C=O) groups excluding carboxylic acids is 2. The van der Waals surface area contributed by atoms with Crippen molar-refractivity contribution in [3.05, 3.63) is 71.8 Å². The van der Waals surface area contributed by atoms with E-state index in [1.54, 1.807) is 24.3 Å². The molecule has 2 aromatic rings. The molecule has 0 saturated carbocycles. The highest BCUT2D eigenvalue weighted by Crippen LogP contribution is 2.14. The Hall–Kier alpha value is -2.37. The lowest BCUT2D eigenvalue weighted by molar-refractivity contribution is -0.123. The molecule has 2 unspecified atom stereocenters. The molecule has 0 heterocycles. The number of hydrogen-bond acceptors (Lipinski definition) is 3. The van der Waals surface area contributed by atoms with Gasteiger partial charge in [0.25, 0.3) is 5.91 Å². The van der Waals surface area contributed by atoms with Crippen LogP contribution in [0.1, 0.15) is 35.3 Å². The van der Waals surface area contributed by atoms with Crippen LogP contribution in [0.15, 0.2) is 60.7 Å². The fourth-order valence-electron chi connectivity index (χ4n) is 2.27. The summed E-state index contributed by atoms with van der Waals surface area (Å²) in [6.07, 6.45) is 0.680. The molecule has 0 spiro atoms. The van der Waals surface area contributed by atoms with Crippen molar-refractivity contribution in [2.24, 2.45) is 5.73 Å². The Morgan fingerprint density at radius 2 is 1.56 bits per heavy atom. The van der Waals surface area contributed by atoms with E-state index in [9.17, 15) is 9.59 Å². The minimum absolute atomic E-state index is 0. The summed E-state index contributed by atoms with van der Waals surface area (Å²) < 4.78 is 0. The normalized spacial score (nSPS) is 12.4. The quantitative estimate of drug-likeness (QED) is 0.708. The van der Waals surface area contributed by atoms with Gasteiger partial charge in [-0.05, 0) is 31.0 Å². The summed E-state index contributed by atoms with van der Waals surface area (Å²) in [5, 5.41) is 5.64. The lowest BCUT2D eigenvalue weighted by Crippen LogP contribution is -2.41. The number of nitrogens with two attached hydrogens (primary N) is 1. The van der Waals surface area contributed by atoms with Crippen molar-refractivity contribution in [3.63, 3.8) is 0 Å². The van der Waals surface area contributed by atoms with Gasteiger partial charge in [-0.1, -0.05) is 48.5 Å². The molecule has 6 heteroatoms. The monoisotopic (exact) mass is 361 g/mol. The van der Waals surface area contributed by atoms with E-state index in [1.165, 1.54) is 0 Å². The lowest BCUT2D eigenvalue weighted by atomic mass is 10.1. The van der Waals surface area contributed by atoms with Gasteiger partial charge in [0.05, 0.1) is 0 Å². The van der Waals surface area contributed by atoms with E-state index in [1.807, 2.05) is 43.3 Å². The van der Waals surface area contributed by atoms with Gasteiger partial charge < -0.3 is 16.4 Å². The van der Waals surface area contributed by atoms with Gasteiger partial charge in [0, 0.05) is 18.2 Å². The molecule has 25 heavy (non-hydrogen) atoms. The van der Waals surface area contributed by atoms with Crippen LogP contribution in [-0.2, 0) is 4.79 Å². The summed E-state index contributed by atoms with van der Waals surface area (Å²) in [6.45, 7) is 2.36. The Labute approximate surface area is 154 Å². The standard InChI is InChI=1S/C19H23N3O2.ClH/c1-14(20)12-13-21-19(24)17(15-8-4-2-5-9-15)22-18(23)16-10-6-3-7-11-16;/h2-11,14,17H,12-13,20H2,1H3,(H,21,24)(H,22,23);1H. The first-order valence-corrected chi connectivity index (χ1v) is 8.02. The maximum absolute atomic E-state index is 12.5. The molecule has 0 saturated heterocycles. The Morgan fingerprint density at radius 3 is 2.12 bits per heavy atom. The number of halogens is 1. The van der Waals surface area contributed by atoms with E-state index >= 15 is 0 Å². The van der Waals surface area contributed by atoms with E-state index < -0.39 is 6.04 Å². The zero-order valence-corrected chi connectivity index (χ0v) is 15.0. The van der Waals surface area contributed by atoms with Crippen LogP contribution in [0, 0.1) is 0 Å². The first kappa shape index (κ1) is 20.7. The highest BCUT2D eigenvalue weighted by molar-refractivity contribution is 5.97. The van der Waals surface area contributed by atoms with Crippen molar-refractivity contribution < 1.29 is 9.59 Å². The molecule has 0 aliphatic heterocycles. The molecule has 4 N–H and O–H groups in total. The molecule has 0 aliphatic carbocycles. The molecule has 134 valence electrons. The van der Waals surface area contributed by atoms with Crippen LogP contribution in [0.2, 0.25) is 0 Å². The minimum Gasteiger partial charge on any atom is -0.354 e. The molecule has 0 radical (unpaired) electrons. The Morgan fingerprint density at radius 1 is 1.00 bits per heavy atom. The zero-order valence-electron chi connectivity index (χ0n) is 14.1. The van der Waals surface area contributed by atoms with Gasteiger partial charge in [0.1, 0.15) is 6.04 Å². The number of carbonyl (C=O) groups is 2. The van der Waals surface area contributed by atoms with Gasteiger partial charge >= 0.3 is 0 Å². The van der Waals surface area contributed by atoms with E-state index in [0.29, 0.717) is 18.5 Å². The number of nitrogens with one attached hydrogen (secondary N) is 2. The average Bonchev–Trinajstić information content (AvgIpc) is 2.60. The van der Waals surface area contributed by atoms with Crippen molar-refractivity contribution in [1.82, 2.24) is 10.6 Å². The van der Waals surface area contributed by atoms with Crippen LogP contribution < -0.4 is 16.4 Å². The van der Waals surface area contributed by atoms with E-state index in [4.69, 9.17) is 5.73 Å². The van der Waals surface area contributed by atoms with E-state index in [-0.39, 0.29) is 30.3 Å². The molecular weight excluding hydrogens is 338 g/mol. The van der Waals surface area contributed by atoms with Gasteiger partial charge in [-0.2, -0.15) is 0 Å². The Kier molecular flexibility index (Phi) is 8.67. The van der Waals surface area contributed by atoms with Gasteiger partial charge in [-0.3, -0.25) is 9.59 Å². The summed E-state index contributed by atoms with van der Waals surface area (Å²) in [5.74, 6) is -0.530. The van der Waals surface area contributed by atoms with E-state index in [2.05, 4.69) is 10.6 Å². The second-order valence-corrected chi connectivity index (χ2v) is 5.74. The fourth-order valence-corrected chi connectivity index (χ4v) is 2.27. The molecule has 5 nitrogen and oxygen atoms in total. The lowest BCUT2D eigenvalue weighted by Gasteiger charge is -2.19. The van der Waals surface area contributed by atoms with Crippen LogP contribution in [0.3, 0.4) is 0 Å². The van der Waals surface area contributed by atoms with Gasteiger partial charge in [-0.15, -0.1) is 12.4 Å². The number of hydrogen-bond donors (Lipinski definition) is 3. The molecule has 0 fully saturated rings. The summed E-state index contributed by atoms with van der Waals surface area (Å²) in [6, 6.07) is 17.3. The van der Waals surface area contributed by atoms with Crippen LogP contribution in [0.5, 0.6) is 0 Å². The summed E-state index contributed by atoms with van der Waals surface area (Å²) >= 11 is 0. The first-order chi connectivity index (χ1) is 11.6. The van der Waals surface area contributed by atoms with E-state index in [0.717, 1.165) is 5.56 Å². The molecular formula is C19H24ClN3O2. The van der Waals surface area contributed by atoms with Crippen molar-refractivity contribution in [2.45, 2.75) is 25.4 Å². The molecule has 0 aliphatic rings. The predicted octanol–water partition coefficient (Wildman–Crippen LogP) is 2.43. The van der Waals surface area contributed by atoms with Gasteiger partial charge in [0.2, 0.25) is 5.91 Å². The molecule has 2 aromatic carbocycles. The maximum atomic E-state index is 12.5. The third-order valence-electron chi connectivity index (χ3n) is 3.61. The second kappa shape index (κ2) is 10.5. The largest absolute Gasteiger partial charge is 0.354 e. The summed E-state index contributed by atoms with van der Waals surface area (Å²) in [5.41, 5.74) is 6.95. The number of amides is 2. The average molecular weight is 362 g/mol. The third-order valence-corrected chi connectivity index (χ3v) is 3.61. The Bertz CT molecular complexity index is 663. The zero-order chi connectivity index (χ0) is 17.4. The first-order valence-electron chi connectivity index (χ1n) is 8.02. The number of rotatable bonds is 7. The van der Waals surface area contributed by atoms with Crippen molar-refractivity contribution >= 4 is 24.2 Å². The fraction of sp³-hybridized carbons (Fsp3) is 0.263. The predicted molar refractivity (Wildman–Crippen MR) is 102 cm³/mol. The maximum Gasteiger partial charge on any atom is 0.252 e. The highest BCUT2D eigenvalue weighted by Gasteiger charge is 2.22. The third kappa shape index (κ3) is 6.57. The Balaban J connectivity index is 0.00000312. The molecule has 2 atom stereocenters. The molecule has 0 bridgehead atoms. The summed E-state index contributed by atoms with van der Waals surface area (Å²) in [7, 11) is 0. The SMILES string of the molecule is CC(N)CCNC(=O)C(NC(=O)c1ccccc1)c1ccccc1.Cl. The van der Waals surface area contributed by atoms with Crippen molar-refractivity contribution in [1.29, 1.82) is 0 Å². The van der Waals surface area contributed by atoms with Crippen molar-refractivity contribution in [3.8, 4) is 0 Å². The minimum atomic E-state index is -0.744. The van der Waals surface area contributed by atoms with Crippen LogP contribution in [0.25, 0.3) is 0 Å². The van der Waals surface area contributed by atoms with Crippen molar-refractivity contribution in [2.75, 3.05) is 6.54 Å². The summed E-state index contributed by atoms with van der Waals surface area (Å²) in [4.78, 5) is 24.9. The smallest absolute Gasteiger partial charge is 0.252 e. The molecule has 2 rings (SSSR count). The van der Waals surface area contributed by atoms with Crippen LogP contribution in [0.4, 0.5) is 0 Å². The van der Waals surface area contributed by atoms with Gasteiger partial charge in [-0.25, -0.2) is 0 Å². The number of benzene rings is 2. The van der Waals surface area contributed by atoms with Gasteiger partial charge in [0.15, 0.2) is 0 Å². The topological polar surface area (TPSA) is 84.2 Å². The molecule has 0 aromatic heterocycles. The van der Waals surface area contributed by atoms with Crippen LogP contribution >= 0.6 is 12.4 Å². The molecule has 2 amide bonds. The second-order valence-electron chi connectivity index (χ2n) is 5.74. The van der Waals surface area contributed by atoms with Crippen LogP contribution in [-0.4, -0.2) is 24.4 Å². The highest BCUT2D eigenvalue weighted by atomic mass is 35.5.